The van der Waals surface area contributed by atoms with E-state index in [-0.39, 0.29) is 12.5 Å². The third-order valence-electron chi connectivity index (χ3n) is 4.21. The molecule has 1 aliphatic rings. The predicted octanol–water partition coefficient (Wildman–Crippen LogP) is 2.85. The molecule has 7 heteroatoms. The number of aryl methyl sites for hydroxylation is 1. The van der Waals surface area contributed by atoms with Crippen molar-refractivity contribution in [3.63, 3.8) is 0 Å². The highest BCUT2D eigenvalue weighted by molar-refractivity contribution is 7.71. The summed E-state index contributed by atoms with van der Waals surface area (Å²) >= 11 is 5.26. The van der Waals surface area contributed by atoms with E-state index in [1.165, 1.54) is 18.4 Å². The van der Waals surface area contributed by atoms with Crippen molar-refractivity contribution in [2.45, 2.75) is 32.7 Å². The standard InChI is InChI=1S/C18H24N4O2S/c1-13-3-7-15(8-4-13)17-20-21-18(25)22(17)11-16(23)19-9-2-10-24-12-14-5-6-14/h3-4,7-8,14H,2,5-6,9-12H2,1H3,(H,19,23)(H,21,25). The smallest absolute Gasteiger partial charge is 0.240 e. The molecule has 1 aromatic heterocycles. The van der Waals surface area contributed by atoms with Crippen molar-refractivity contribution >= 4 is 18.1 Å². The minimum Gasteiger partial charge on any atom is -0.381 e. The minimum atomic E-state index is -0.0759. The number of amides is 1. The molecule has 25 heavy (non-hydrogen) atoms. The van der Waals surface area contributed by atoms with Gasteiger partial charge < -0.3 is 10.1 Å². The maximum atomic E-state index is 12.2. The number of nitrogens with zero attached hydrogens (tertiary/aromatic N) is 2. The summed E-state index contributed by atoms with van der Waals surface area (Å²) in [4.78, 5) is 12.2. The molecule has 0 saturated heterocycles. The Morgan fingerprint density at radius 2 is 2.16 bits per heavy atom. The molecular weight excluding hydrogens is 336 g/mol. The van der Waals surface area contributed by atoms with Crippen molar-refractivity contribution in [2.75, 3.05) is 19.8 Å². The Morgan fingerprint density at radius 3 is 2.88 bits per heavy atom. The number of nitrogens with one attached hydrogen (secondary N) is 2. The van der Waals surface area contributed by atoms with Gasteiger partial charge in [0.2, 0.25) is 5.91 Å². The molecule has 0 unspecified atom stereocenters. The zero-order valence-electron chi connectivity index (χ0n) is 14.5. The van der Waals surface area contributed by atoms with E-state index in [0.717, 1.165) is 24.5 Å². The highest BCUT2D eigenvalue weighted by Crippen LogP contribution is 2.28. The lowest BCUT2D eigenvalue weighted by Gasteiger charge is -2.09. The van der Waals surface area contributed by atoms with E-state index in [4.69, 9.17) is 17.0 Å². The van der Waals surface area contributed by atoms with E-state index in [1.54, 1.807) is 4.57 Å². The van der Waals surface area contributed by atoms with Crippen LogP contribution in [0.4, 0.5) is 0 Å². The first kappa shape index (κ1) is 17.8. The fourth-order valence-electron chi connectivity index (χ4n) is 2.52. The molecule has 1 fully saturated rings. The summed E-state index contributed by atoms with van der Waals surface area (Å²) in [6.45, 7) is 4.34. The molecule has 0 bridgehead atoms. The van der Waals surface area contributed by atoms with Gasteiger partial charge in [-0.25, -0.2) is 0 Å². The molecule has 0 spiro atoms. The largest absolute Gasteiger partial charge is 0.381 e. The fourth-order valence-corrected chi connectivity index (χ4v) is 2.72. The second-order valence-electron chi connectivity index (χ2n) is 6.53. The predicted molar refractivity (Wildman–Crippen MR) is 98.8 cm³/mol. The Labute approximate surface area is 152 Å². The molecule has 0 atom stereocenters. The van der Waals surface area contributed by atoms with Gasteiger partial charge in [-0.2, -0.15) is 5.10 Å². The van der Waals surface area contributed by atoms with Crippen molar-refractivity contribution in [3.05, 3.63) is 34.6 Å². The zero-order chi connectivity index (χ0) is 17.6. The molecular formula is C18H24N4O2S. The average molecular weight is 360 g/mol. The van der Waals surface area contributed by atoms with Crippen LogP contribution in [-0.2, 0) is 16.1 Å². The Bertz CT molecular complexity index is 762. The third kappa shape index (κ3) is 5.24. The molecule has 1 heterocycles. The monoisotopic (exact) mass is 360 g/mol. The number of aromatic nitrogens is 3. The first-order chi connectivity index (χ1) is 12.1. The van der Waals surface area contributed by atoms with Crippen LogP contribution in [0.5, 0.6) is 0 Å². The third-order valence-corrected chi connectivity index (χ3v) is 4.52. The Balaban J connectivity index is 1.49. The number of hydrogen-bond donors (Lipinski definition) is 2. The summed E-state index contributed by atoms with van der Waals surface area (Å²) in [5.41, 5.74) is 2.10. The molecule has 6 nitrogen and oxygen atoms in total. The molecule has 1 saturated carbocycles. The minimum absolute atomic E-state index is 0.0759. The van der Waals surface area contributed by atoms with E-state index >= 15 is 0 Å². The summed E-state index contributed by atoms with van der Waals surface area (Å²) in [5.74, 6) is 1.37. The maximum absolute atomic E-state index is 12.2. The average Bonchev–Trinajstić information content (AvgIpc) is 3.36. The number of hydrogen-bond acceptors (Lipinski definition) is 4. The molecule has 0 aliphatic heterocycles. The Kier molecular flexibility index (Phi) is 5.99. The highest BCUT2D eigenvalue weighted by atomic mass is 32.1. The Hall–Kier alpha value is -1.99. The lowest BCUT2D eigenvalue weighted by atomic mass is 10.1. The molecule has 0 radical (unpaired) electrons. The number of rotatable bonds is 9. The van der Waals surface area contributed by atoms with Crippen LogP contribution in [0.3, 0.4) is 0 Å². The lowest BCUT2D eigenvalue weighted by Crippen LogP contribution is -2.29. The van der Waals surface area contributed by atoms with E-state index < -0.39 is 0 Å². The highest BCUT2D eigenvalue weighted by Gasteiger charge is 2.20. The van der Waals surface area contributed by atoms with Crippen LogP contribution in [0, 0.1) is 17.6 Å². The number of aromatic amines is 1. The topological polar surface area (TPSA) is 71.9 Å². The van der Waals surface area contributed by atoms with Crippen LogP contribution in [0.1, 0.15) is 24.8 Å². The van der Waals surface area contributed by atoms with Crippen molar-refractivity contribution in [1.82, 2.24) is 20.1 Å². The van der Waals surface area contributed by atoms with Crippen molar-refractivity contribution in [3.8, 4) is 11.4 Å². The summed E-state index contributed by atoms with van der Waals surface area (Å²) < 4.78 is 7.73. The summed E-state index contributed by atoms with van der Waals surface area (Å²) in [5, 5.41) is 9.94. The molecule has 1 aliphatic carbocycles. The van der Waals surface area contributed by atoms with Gasteiger partial charge in [0.25, 0.3) is 0 Å². The van der Waals surface area contributed by atoms with Gasteiger partial charge in [0.15, 0.2) is 10.6 Å². The summed E-state index contributed by atoms with van der Waals surface area (Å²) in [6, 6.07) is 7.98. The zero-order valence-corrected chi connectivity index (χ0v) is 15.3. The van der Waals surface area contributed by atoms with Gasteiger partial charge in [0.05, 0.1) is 0 Å². The van der Waals surface area contributed by atoms with Crippen LogP contribution in [0.15, 0.2) is 24.3 Å². The van der Waals surface area contributed by atoms with Gasteiger partial charge in [0, 0.05) is 25.3 Å². The van der Waals surface area contributed by atoms with Gasteiger partial charge in [-0.15, -0.1) is 0 Å². The van der Waals surface area contributed by atoms with Gasteiger partial charge in [-0.3, -0.25) is 14.5 Å². The van der Waals surface area contributed by atoms with Crippen molar-refractivity contribution in [2.24, 2.45) is 5.92 Å². The molecule has 3 rings (SSSR count). The first-order valence-corrected chi connectivity index (χ1v) is 9.11. The first-order valence-electron chi connectivity index (χ1n) is 8.70. The lowest BCUT2D eigenvalue weighted by molar-refractivity contribution is -0.121. The Morgan fingerprint density at radius 1 is 1.40 bits per heavy atom. The second-order valence-corrected chi connectivity index (χ2v) is 6.91. The van der Waals surface area contributed by atoms with Crippen LogP contribution >= 0.6 is 12.2 Å². The second kappa shape index (κ2) is 8.40. The normalized spacial score (nSPS) is 13.8. The van der Waals surface area contributed by atoms with Gasteiger partial charge in [-0.05, 0) is 44.3 Å². The fraction of sp³-hybridized carbons (Fsp3) is 0.500. The number of carbonyl (C=O) groups excluding carboxylic acids is 1. The maximum Gasteiger partial charge on any atom is 0.240 e. The summed E-state index contributed by atoms with van der Waals surface area (Å²) in [7, 11) is 0. The number of carbonyl (C=O) groups is 1. The van der Waals surface area contributed by atoms with Gasteiger partial charge >= 0.3 is 0 Å². The molecule has 2 aromatic rings. The molecule has 134 valence electrons. The SMILES string of the molecule is Cc1ccc(-c2n[nH]c(=S)n2CC(=O)NCCCOCC2CC2)cc1. The van der Waals surface area contributed by atoms with E-state index in [0.29, 0.717) is 23.7 Å². The van der Waals surface area contributed by atoms with E-state index in [9.17, 15) is 4.79 Å². The summed E-state index contributed by atoms with van der Waals surface area (Å²) in [6.07, 6.45) is 3.41. The quantitative estimate of drug-likeness (QED) is 0.533. The van der Waals surface area contributed by atoms with Crippen LogP contribution in [0.25, 0.3) is 11.4 Å². The van der Waals surface area contributed by atoms with Crippen molar-refractivity contribution in [1.29, 1.82) is 0 Å². The molecule has 1 amide bonds. The van der Waals surface area contributed by atoms with E-state index in [2.05, 4.69) is 15.5 Å². The van der Waals surface area contributed by atoms with Crippen LogP contribution < -0.4 is 5.32 Å². The van der Waals surface area contributed by atoms with Crippen molar-refractivity contribution < 1.29 is 9.53 Å². The van der Waals surface area contributed by atoms with Gasteiger partial charge in [-0.1, -0.05) is 29.8 Å². The van der Waals surface area contributed by atoms with Crippen LogP contribution in [0.2, 0.25) is 0 Å². The molecule has 2 N–H and O–H groups in total. The van der Waals surface area contributed by atoms with E-state index in [1.807, 2.05) is 31.2 Å². The molecule has 1 aromatic carbocycles. The number of H-pyrrole nitrogens is 1. The van der Waals surface area contributed by atoms with Gasteiger partial charge in [0.1, 0.15) is 6.54 Å². The van der Waals surface area contributed by atoms with Crippen LogP contribution in [-0.4, -0.2) is 40.4 Å². The number of benzene rings is 1. The number of ether oxygens (including phenoxy) is 1.